The van der Waals surface area contributed by atoms with Crippen molar-refractivity contribution in [2.75, 3.05) is 0 Å². The number of phenolic OH excluding ortho intramolecular Hbond substituents is 1. The zero-order valence-corrected chi connectivity index (χ0v) is 14.7. The van der Waals surface area contributed by atoms with Crippen molar-refractivity contribution < 1.29 is 9.90 Å². The molecule has 0 aliphatic rings. The maximum atomic E-state index is 12.1. The number of nitrogens with one attached hydrogen (secondary N) is 2. The van der Waals surface area contributed by atoms with E-state index in [1.54, 1.807) is 19.1 Å². The van der Waals surface area contributed by atoms with Gasteiger partial charge in [-0.3, -0.25) is 4.79 Å². The fraction of sp³-hybridized carbons (Fsp3) is 0.176. The molecule has 0 aliphatic heterocycles. The molecule has 120 valence electrons. The molecule has 1 amide bonds. The van der Waals surface area contributed by atoms with Gasteiger partial charge in [0.1, 0.15) is 5.75 Å². The number of halogens is 1. The van der Waals surface area contributed by atoms with Gasteiger partial charge in [0.25, 0.3) is 5.91 Å². The first-order chi connectivity index (χ1) is 11.0. The average molecular weight is 376 g/mol. The van der Waals surface area contributed by atoms with Gasteiger partial charge in [0.2, 0.25) is 0 Å². The molecule has 0 unspecified atom stereocenters. The first kappa shape index (κ1) is 17.0. The Bertz CT molecular complexity index is 850. The number of H-pyrrole nitrogens is 1. The highest BCUT2D eigenvalue weighted by Gasteiger charge is 2.11. The van der Waals surface area contributed by atoms with E-state index in [-0.39, 0.29) is 11.3 Å². The molecule has 1 aromatic heterocycles. The second-order valence-electron chi connectivity index (χ2n) is 4.93. The number of carbonyl (C=O) groups is 1. The molecular weight excluding hydrogens is 358 g/mol. The van der Waals surface area contributed by atoms with E-state index in [2.05, 4.69) is 31.4 Å². The Kier molecular flexibility index (Phi) is 5.39. The predicted molar refractivity (Wildman–Crippen MR) is 95.8 cm³/mol. The van der Waals surface area contributed by atoms with E-state index >= 15 is 0 Å². The summed E-state index contributed by atoms with van der Waals surface area (Å²) in [6.45, 7) is 5.71. The van der Waals surface area contributed by atoms with Gasteiger partial charge in [-0.2, -0.15) is 5.10 Å². The van der Waals surface area contributed by atoms with Gasteiger partial charge < -0.3 is 10.1 Å². The second-order valence-corrected chi connectivity index (χ2v) is 5.84. The van der Waals surface area contributed by atoms with Crippen LogP contribution in [0.5, 0.6) is 5.75 Å². The Hall–Kier alpha value is -2.34. The van der Waals surface area contributed by atoms with E-state index in [0.29, 0.717) is 10.2 Å². The number of hydrazone groups is 1. The third-order valence-corrected chi connectivity index (χ3v) is 3.89. The molecule has 2 aromatic rings. The van der Waals surface area contributed by atoms with Crippen LogP contribution in [0.1, 0.15) is 36.8 Å². The Morgan fingerprint density at radius 2 is 2.04 bits per heavy atom. The lowest BCUT2D eigenvalue weighted by molar-refractivity contribution is 0.0952. The zero-order chi connectivity index (χ0) is 17.0. The average Bonchev–Trinajstić information content (AvgIpc) is 2.98. The standard InChI is InChI=1S/C17H18BrN3O2/c1-4-11-8-15(19-14(11)5-2)10(3)20-21-17(23)13-9-12(18)6-7-16(13)22/h4-9,19,22H,1-3H3,(H,21,23). The molecule has 5 nitrogen and oxygen atoms in total. The molecule has 0 aliphatic carbocycles. The smallest absolute Gasteiger partial charge is 0.275 e. The lowest BCUT2D eigenvalue weighted by Crippen LogP contribution is -2.21. The van der Waals surface area contributed by atoms with Crippen LogP contribution in [-0.2, 0) is 0 Å². The van der Waals surface area contributed by atoms with Gasteiger partial charge in [0, 0.05) is 9.82 Å². The molecule has 0 saturated carbocycles. The van der Waals surface area contributed by atoms with E-state index < -0.39 is 5.91 Å². The van der Waals surface area contributed by atoms with Crippen molar-refractivity contribution in [3.63, 3.8) is 0 Å². The van der Waals surface area contributed by atoms with Gasteiger partial charge in [-0.25, -0.2) is 5.43 Å². The number of benzene rings is 1. The molecule has 0 bridgehead atoms. The fourth-order valence-corrected chi connectivity index (χ4v) is 2.47. The number of nitrogens with zero attached hydrogens (tertiary/aromatic N) is 1. The van der Waals surface area contributed by atoms with Gasteiger partial charge >= 0.3 is 0 Å². The van der Waals surface area contributed by atoms with Crippen molar-refractivity contribution in [3.8, 4) is 5.75 Å². The lowest BCUT2D eigenvalue weighted by Gasteiger charge is -2.04. The summed E-state index contributed by atoms with van der Waals surface area (Å²) in [5, 5.41) is 15.9. The van der Waals surface area contributed by atoms with E-state index in [1.165, 1.54) is 6.07 Å². The second kappa shape index (κ2) is 7.28. The molecule has 6 heteroatoms. The quantitative estimate of drug-likeness (QED) is 0.568. The summed E-state index contributed by atoms with van der Waals surface area (Å²) in [6, 6.07) is 6.62. The highest BCUT2D eigenvalue weighted by atomic mass is 79.9. The number of hydrogen-bond acceptors (Lipinski definition) is 3. The van der Waals surface area contributed by atoms with Crippen LogP contribution < -0.4 is 16.0 Å². The van der Waals surface area contributed by atoms with Gasteiger partial charge in [-0.05, 0) is 50.3 Å². The molecule has 0 saturated heterocycles. The maximum absolute atomic E-state index is 12.1. The summed E-state index contributed by atoms with van der Waals surface area (Å²) >= 11 is 3.27. The third-order valence-electron chi connectivity index (χ3n) is 3.40. The van der Waals surface area contributed by atoms with Crippen LogP contribution in [0.15, 0.2) is 33.8 Å². The molecule has 0 spiro atoms. The molecule has 23 heavy (non-hydrogen) atoms. The van der Waals surface area contributed by atoms with Crippen molar-refractivity contribution in [1.29, 1.82) is 0 Å². The van der Waals surface area contributed by atoms with Crippen molar-refractivity contribution >= 4 is 39.7 Å². The predicted octanol–water partition coefficient (Wildman–Crippen LogP) is 2.24. The van der Waals surface area contributed by atoms with Crippen LogP contribution in [-0.4, -0.2) is 21.7 Å². The monoisotopic (exact) mass is 375 g/mol. The maximum Gasteiger partial charge on any atom is 0.275 e. The summed E-state index contributed by atoms with van der Waals surface area (Å²) in [7, 11) is 0. The van der Waals surface area contributed by atoms with Gasteiger partial charge in [0.05, 0.1) is 17.0 Å². The minimum Gasteiger partial charge on any atom is -0.507 e. The van der Waals surface area contributed by atoms with Gasteiger partial charge in [0.15, 0.2) is 0 Å². The topological polar surface area (TPSA) is 77.5 Å². The number of aromatic amines is 1. The van der Waals surface area contributed by atoms with Crippen LogP contribution in [0.3, 0.4) is 0 Å². The zero-order valence-electron chi connectivity index (χ0n) is 13.1. The number of aromatic nitrogens is 1. The first-order valence-electron chi connectivity index (χ1n) is 7.11. The summed E-state index contributed by atoms with van der Waals surface area (Å²) in [5.74, 6) is -0.566. The van der Waals surface area contributed by atoms with Crippen molar-refractivity contribution in [1.82, 2.24) is 10.4 Å². The molecule has 0 radical (unpaired) electrons. The van der Waals surface area contributed by atoms with E-state index in [4.69, 9.17) is 0 Å². The van der Waals surface area contributed by atoms with Crippen molar-refractivity contribution in [3.05, 3.63) is 50.6 Å². The number of rotatable bonds is 3. The Morgan fingerprint density at radius 3 is 2.65 bits per heavy atom. The summed E-state index contributed by atoms with van der Waals surface area (Å²) < 4.78 is 0.705. The summed E-state index contributed by atoms with van der Waals surface area (Å²) in [4.78, 5) is 15.4. The Labute approximate surface area is 142 Å². The van der Waals surface area contributed by atoms with E-state index in [0.717, 1.165) is 16.3 Å². The van der Waals surface area contributed by atoms with Crippen molar-refractivity contribution in [2.45, 2.75) is 20.8 Å². The number of carbonyl (C=O) groups excluding carboxylic acids is 1. The molecule has 2 rings (SSSR count). The normalized spacial score (nSPS) is 13.5. The largest absolute Gasteiger partial charge is 0.507 e. The van der Waals surface area contributed by atoms with E-state index in [1.807, 2.05) is 32.1 Å². The third kappa shape index (κ3) is 3.90. The highest BCUT2D eigenvalue weighted by molar-refractivity contribution is 9.10. The lowest BCUT2D eigenvalue weighted by atomic mass is 10.2. The number of amides is 1. The summed E-state index contributed by atoms with van der Waals surface area (Å²) in [6.07, 6.45) is 3.98. The SMILES string of the molecule is CC=c1cc(C(C)=NNC(=O)c2cc(Br)ccc2O)[nH]c1=CC. The first-order valence-corrected chi connectivity index (χ1v) is 7.90. The van der Waals surface area contributed by atoms with E-state index in [9.17, 15) is 9.90 Å². The van der Waals surface area contributed by atoms with Crippen molar-refractivity contribution in [2.24, 2.45) is 5.10 Å². The van der Waals surface area contributed by atoms with Crippen LogP contribution >= 0.6 is 15.9 Å². The number of hydrogen-bond donors (Lipinski definition) is 3. The highest BCUT2D eigenvalue weighted by Crippen LogP contribution is 2.21. The summed E-state index contributed by atoms with van der Waals surface area (Å²) in [5.41, 5.74) is 4.08. The van der Waals surface area contributed by atoms with Crippen LogP contribution in [0.25, 0.3) is 12.2 Å². The molecule has 0 atom stereocenters. The van der Waals surface area contributed by atoms with Crippen LogP contribution in [0, 0.1) is 0 Å². The minimum absolute atomic E-state index is 0.0934. The molecule has 1 heterocycles. The Balaban J connectivity index is 2.24. The molecular formula is C17H18BrN3O2. The number of phenols is 1. The molecule has 3 N–H and O–H groups in total. The Morgan fingerprint density at radius 1 is 1.30 bits per heavy atom. The van der Waals surface area contributed by atoms with Crippen LogP contribution in [0.2, 0.25) is 0 Å². The molecule has 0 fully saturated rings. The van der Waals surface area contributed by atoms with Gasteiger partial charge in [-0.1, -0.05) is 28.1 Å². The van der Waals surface area contributed by atoms with Crippen LogP contribution in [0.4, 0.5) is 0 Å². The fourth-order valence-electron chi connectivity index (χ4n) is 2.10. The van der Waals surface area contributed by atoms with Gasteiger partial charge in [-0.15, -0.1) is 0 Å². The molecule has 1 aromatic carbocycles. The number of aromatic hydroxyl groups is 1. The minimum atomic E-state index is -0.473.